The van der Waals surface area contributed by atoms with Gasteiger partial charge in [0.1, 0.15) is 10.1 Å². The second-order valence-corrected chi connectivity index (χ2v) is 5.11. The summed E-state index contributed by atoms with van der Waals surface area (Å²) >= 11 is 0. The zero-order chi connectivity index (χ0) is 12.3. The SMILES string of the molecule is CCc1cc(S(=O)(=O)[O-])cc(CC)c1CC.[Na+]. The molecule has 0 heterocycles. The quantitative estimate of drug-likeness (QED) is 0.533. The summed E-state index contributed by atoms with van der Waals surface area (Å²) < 4.78 is 33.0. The maximum absolute atomic E-state index is 11.0. The van der Waals surface area contributed by atoms with Crippen molar-refractivity contribution in [1.29, 1.82) is 0 Å². The fraction of sp³-hybridized carbons (Fsp3) is 0.500. The van der Waals surface area contributed by atoms with Gasteiger partial charge in [0.05, 0.1) is 4.90 Å². The molecule has 90 valence electrons. The first-order valence-electron chi connectivity index (χ1n) is 5.54. The average Bonchev–Trinajstić information content (AvgIpc) is 2.25. The van der Waals surface area contributed by atoms with Gasteiger partial charge in [-0.1, -0.05) is 20.8 Å². The third-order valence-electron chi connectivity index (χ3n) is 2.81. The van der Waals surface area contributed by atoms with E-state index in [4.69, 9.17) is 0 Å². The van der Waals surface area contributed by atoms with Crippen LogP contribution < -0.4 is 29.6 Å². The molecule has 0 aliphatic carbocycles. The summed E-state index contributed by atoms with van der Waals surface area (Å²) in [7, 11) is -4.34. The van der Waals surface area contributed by atoms with E-state index in [9.17, 15) is 13.0 Å². The van der Waals surface area contributed by atoms with Gasteiger partial charge in [0.2, 0.25) is 0 Å². The van der Waals surface area contributed by atoms with Gasteiger partial charge in [-0.2, -0.15) is 0 Å². The van der Waals surface area contributed by atoms with Crippen LogP contribution in [0.4, 0.5) is 0 Å². The molecule has 0 atom stereocenters. The Labute approximate surface area is 126 Å². The maximum Gasteiger partial charge on any atom is 1.00 e. The Bertz CT molecular complexity index is 456. The fourth-order valence-corrected chi connectivity index (χ4v) is 2.57. The van der Waals surface area contributed by atoms with E-state index in [1.165, 1.54) is 17.7 Å². The van der Waals surface area contributed by atoms with Crippen molar-refractivity contribution in [3.05, 3.63) is 28.8 Å². The first kappa shape index (κ1) is 17.1. The van der Waals surface area contributed by atoms with Gasteiger partial charge >= 0.3 is 29.6 Å². The molecule has 0 aliphatic heterocycles. The Kier molecular flexibility index (Phi) is 6.95. The molecule has 17 heavy (non-hydrogen) atoms. The van der Waals surface area contributed by atoms with Gasteiger partial charge in [-0.25, -0.2) is 8.42 Å². The van der Waals surface area contributed by atoms with Crippen LogP contribution in [0.15, 0.2) is 17.0 Å². The predicted molar refractivity (Wildman–Crippen MR) is 62.5 cm³/mol. The van der Waals surface area contributed by atoms with Crippen molar-refractivity contribution in [1.82, 2.24) is 0 Å². The van der Waals surface area contributed by atoms with Gasteiger partial charge in [-0.15, -0.1) is 0 Å². The topological polar surface area (TPSA) is 57.2 Å². The molecule has 1 aromatic carbocycles. The smallest absolute Gasteiger partial charge is 0.744 e. The Morgan fingerprint density at radius 1 is 1.00 bits per heavy atom. The number of rotatable bonds is 4. The number of aryl methyl sites for hydroxylation is 2. The van der Waals surface area contributed by atoms with E-state index in [-0.39, 0.29) is 34.5 Å². The van der Waals surface area contributed by atoms with Crippen LogP contribution in [0.1, 0.15) is 37.5 Å². The van der Waals surface area contributed by atoms with E-state index in [1.807, 2.05) is 20.8 Å². The van der Waals surface area contributed by atoms with E-state index in [0.717, 1.165) is 30.4 Å². The van der Waals surface area contributed by atoms with Crippen molar-refractivity contribution in [2.24, 2.45) is 0 Å². The number of hydrogen-bond acceptors (Lipinski definition) is 3. The van der Waals surface area contributed by atoms with Crippen LogP contribution in [0.3, 0.4) is 0 Å². The van der Waals surface area contributed by atoms with Crippen molar-refractivity contribution >= 4 is 10.1 Å². The molecular weight excluding hydrogens is 247 g/mol. The molecule has 0 aromatic heterocycles. The Hall–Kier alpha value is 0.130. The van der Waals surface area contributed by atoms with Gasteiger partial charge in [0.15, 0.2) is 0 Å². The van der Waals surface area contributed by atoms with Crippen LogP contribution in [0, 0.1) is 0 Å². The molecule has 0 amide bonds. The van der Waals surface area contributed by atoms with Crippen LogP contribution in [-0.4, -0.2) is 13.0 Å². The van der Waals surface area contributed by atoms with Crippen LogP contribution in [0.2, 0.25) is 0 Å². The predicted octanol–water partition coefficient (Wildman–Crippen LogP) is -0.718. The average molecular weight is 264 g/mol. The van der Waals surface area contributed by atoms with Gasteiger partial charge < -0.3 is 4.55 Å². The second kappa shape index (κ2) is 6.90. The molecule has 0 saturated heterocycles. The molecule has 0 radical (unpaired) electrons. The minimum Gasteiger partial charge on any atom is -0.744 e. The normalized spacial score (nSPS) is 11.1. The Morgan fingerprint density at radius 3 is 1.65 bits per heavy atom. The third kappa shape index (κ3) is 4.07. The molecule has 1 aromatic rings. The summed E-state index contributed by atoms with van der Waals surface area (Å²) in [5.74, 6) is 0. The first-order valence-corrected chi connectivity index (χ1v) is 6.95. The molecule has 0 spiro atoms. The Balaban J connectivity index is 0.00000256. The zero-order valence-corrected chi connectivity index (χ0v) is 13.7. The van der Waals surface area contributed by atoms with Gasteiger partial charge in [-0.05, 0) is 48.1 Å². The number of hydrogen-bond donors (Lipinski definition) is 0. The van der Waals surface area contributed by atoms with E-state index < -0.39 is 10.1 Å². The Morgan fingerprint density at radius 2 is 1.41 bits per heavy atom. The van der Waals surface area contributed by atoms with Gasteiger partial charge in [-0.3, -0.25) is 0 Å². The standard InChI is InChI=1S/C12H18O3S.Na/c1-4-9-7-11(16(13,14)15)8-10(5-2)12(9)6-3;/h7-8H,4-6H2,1-3H3,(H,13,14,15);/q;+1/p-1. The first-order chi connectivity index (χ1) is 7.43. The summed E-state index contributed by atoms with van der Waals surface area (Å²) in [5, 5.41) is 0. The largest absolute Gasteiger partial charge is 1.00 e. The van der Waals surface area contributed by atoms with E-state index in [1.54, 1.807) is 0 Å². The molecule has 0 unspecified atom stereocenters. The van der Waals surface area contributed by atoms with Crippen LogP contribution in [0.5, 0.6) is 0 Å². The van der Waals surface area contributed by atoms with Gasteiger partial charge in [0.25, 0.3) is 0 Å². The van der Waals surface area contributed by atoms with Crippen LogP contribution in [-0.2, 0) is 29.4 Å². The van der Waals surface area contributed by atoms with Crippen LogP contribution in [0.25, 0.3) is 0 Å². The van der Waals surface area contributed by atoms with Gasteiger partial charge in [0, 0.05) is 0 Å². The summed E-state index contributed by atoms with van der Waals surface area (Å²) in [4.78, 5) is -0.0987. The molecule has 0 bridgehead atoms. The van der Waals surface area contributed by atoms with E-state index >= 15 is 0 Å². The summed E-state index contributed by atoms with van der Waals surface area (Å²) in [6, 6.07) is 3.03. The zero-order valence-electron chi connectivity index (χ0n) is 10.9. The maximum atomic E-state index is 11.0. The molecule has 0 aliphatic rings. The molecule has 0 saturated carbocycles. The molecular formula is C12H17NaO3S. The third-order valence-corrected chi connectivity index (χ3v) is 3.63. The second-order valence-electron chi connectivity index (χ2n) is 3.73. The number of benzene rings is 1. The van der Waals surface area contributed by atoms with Crippen molar-refractivity contribution in [3.63, 3.8) is 0 Å². The van der Waals surface area contributed by atoms with Crippen molar-refractivity contribution < 1.29 is 42.5 Å². The molecule has 0 N–H and O–H groups in total. The molecule has 1 rings (SSSR count). The minimum absolute atomic E-state index is 0. The summed E-state index contributed by atoms with van der Waals surface area (Å²) in [6.07, 6.45) is 2.37. The summed E-state index contributed by atoms with van der Waals surface area (Å²) in [5.41, 5.74) is 3.12. The molecule has 3 nitrogen and oxygen atoms in total. The minimum atomic E-state index is -4.34. The molecule has 5 heteroatoms. The molecule has 0 fully saturated rings. The van der Waals surface area contributed by atoms with Crippen molar-refractivity contribution in [2.75, 3.05) is 0 Å². The van der Waals surface area contributed by atoms with E-state index in [0.29, 0.717) is 0 Å². The van der Waals surface area contributed by atoms with Crippen molar-refractivity contribution in [2.45, 2.75) is 44.9 Å². The summed E-state index contributed by atoms with van der Waals surface area (Å²) in [6.45, 7) is 5.98. The van der Waals surface area contributed by atoms with Crippen LogP contribution >= 0.6 is 0 Å². The monoisotopic (exact) mass is 264 g/mol. The van der Waals surface area contributed by atoms with Crippen molar-refractivity contribution in [3.8, 4) is 0 Å². The van der Waals surface area contributed by atoms with E-state index in [2.05, 4.69) is 0 Å². The fourth-order valence-electron chi connectivity index (χ4n) is 1.99.